The first-order chi connectivity index (χ1) is 15.4. The van der Waals surface area contributed by atoms with Gasteiger partial charge in [0.2, 0.25) is 5.91 Å². The normalized spacial score (nSPS) is 25.9. The van der Waals surface area contributed by atoms with Gasteiger partial charge in [0, 0.05) is 18.0 Å². The fourth-order valence-electron chi connectivity index (χ4n) is 3.21. The molecule has 0 saturated carbocycles. The first-order valence-corrected chi connectivity index (χ1v) is 11.9. The van der Waals surface area contributed by atoms with Crippen molar-refractivity contribution < 1.29 is 38.8 Å². The summed E-state index contributed by atoms with van der Waals surface area (Å²) < 4.78 is 16.2. The molecule has 0 spiro atoms. The molecule has 0 aromatic rings. The second-order valence-corrected chi connectivity index (χ2v) is 9.70. The second-order valence-electron chi connectivity index (χ2n) is 8.71. The zero-order valence-corrected chi connectivity index (χ0v) is 20.0. The summed E-state index contributed by atoms with van der Waals surface area (Å²) in [6.45, 7) is 4.79. The van der Waals surface area contributed by atoms with Crippen molar-refractivity contribution in [1.82, 2.24) is 10.2 Å². The minimum Gasteiger partial charge on any atom is -0.461 e. The van der Waals surface area contributed by atoms with Crippen molar-refractivity contribution in [3.63, 3.8) is 0 Å². The summed E-state index contributed by atoms with van der Waals surface area (Å²) in [5.74, 6) is -0.719. The van der Waals surface area contributed by atoms with Gasteiger partial charge in [0.05, 0.1) is 0 Å². The molecule has 0 bridgehead atoms. The Morgan fingerprint density at radius 1 is 1.33 bits per heavy atom. The van der Waals surface area contributed by atoms with Gasteiger partial charge in [0.1, 0.15) is 36.6 Å². The van der Waals surface area contributed by atoms with E-state index in [-0.39, 0.29) is 6.61 Å². The zero-order chi connectivity index (χ0) is 24.8. The van der Waals surface area contributed by atoms with Gasteiger partial charge < -0.3 is 40.4 Å². The summed E-state index contributed by atoms with van der Waals surface area (Å²) in [7, 11) is 0. The van der Waals surface area contributed by atoms with E-state index in [1.165, 1.54) is 22.9 Å². The highest BCUT2D eigenvalue weighted by Gasteiger charge is 2.45. The largest absolute Gasteiger partial charge is 0.461 e. The summed E-state index contributed by atoms with van der Waals surface area (Å²) in [6.07, 6.45) is 1.83. The van der Waals surface area contributed by atoms with Crippen LogP contribution in [-0.4, -0.2) is 87.9 Å². The molecule has 2 heterocycles. The van der Waals surface area contributed by atoms with Crippen molar-refractivity contribution in [3.05, 3.63) is 24.0 Å². The molecule has 0 aromatic heterocycles. The van der Waals surface area contributed by atoms with Gasteiger partial charge in [-0.25, -0.2) is 9.59 Å². The number of nitrogens with zero attached hydrogens (tertiary/aromatic N) is 1. The van der Waals surface area contributed by atoms with E-state index in [1.54, 1.807) is 33.0 Å². The summed E-state index contributed by atoms with van der Waals surface area (Å²) in [4.78, 5) is 37.6. The van der Waals surface area contributed by atoms with Crippen molar-refractivity contribution in [2.45, 2.75) is 69.8 Å². The van der Waals surface area contributed by atoms with Crippen LogP contribution in [0.1, 0.15) is 33.6 Å². The molecule has 1 saturated heterocycles. The average Bonchev–Trinajstić information content (AvgIpc) is 3.02. The Kier molecular flexibility index (Phi) is 9.58. The van der Waals surface area contributed by atoms with Gasteiger partial charge in [0.15, 0.2) is 6.23 Å². The predicted molar refractivity (Wildman–Crippen MR) is 121 cm³/mol. The van der Waals surface area contributed by atoms with Crippen molar-refractivity contribution in [2.24, 2.45) is 5.73 Å². The van der Waals surface area contributed by atoms with Crippen molar-refractivity contribution in [1.29, 1.82) is 0 Å². The van der Waals surface area contributed by atoms with Crippen LogP contribution in [0, 0.1) is 0 Å². The zero-order valence-electron chi connectivity index (χ0n) is 19.2. The monoisotopic (exact) mass is 487 g/mol. The number of aliphatic hydroxyl groups excluding tert-OH is 2. The molecule has 0 radical (unpaired) electrons. The summed E-state index contributed by atoms with van der Waals surface area (Å²) in [5.41, 5.74) is 4.91. The number of nitrogens with one attached hydrogen (secondary N) is 1. The van der Waals surface area contributed by atoms with Gasteiger partial charge in [-0.1, -0.05) is 6.08 Å². The van der Waals surface area contributed by atoms with Crippen LogP contribution in [0.15, 0.2) is 24.0 Å². The second kappa shape index (κ2) is 11.7. The molecule has 12 heteroatoms. The fourth-order valence-corrected chi connectivity index (χ4v) is 3.68. The number of thioether (sulfide) groups is 1. The molecule has 186 valence electrons. The minimum absolute atomic E-state index is 0.317. The molecule has 2 amide bonds. The summed E-state index contributed by atoms with van der Waals surface area (Å²) in [6, 6.07) is -0.947. The lowest BCUT2D eigenvalue weighted by Crippen LogP contribution is -2.45. The van der Waals surface area contributed by atoms with Crippen LogP contribution in [0.4, 0.5) is 4.79 Å². The lowest BCUT2D eigenvalue weighted by atomic mass is 10.1. The lowest BCUT2D eigenvalue weighted by molar-refractivity contribution is -0.153. The maximum Gasteiger partial charge on any atom is 0.408 e. The molecule has 2 rings (SSSR count). The molecule has 1 fully saturated rings. The number of hydrogen-bond acceptors (Lipinski definition) is 10. The summed E-state index contributed by atoms with van der Waals surface area (Å²) in [5, 5.41) is 23.3. The molecular weight excluding hydrogens is 454 g/mol. The molecule has 33 heavy (non-hydrogen) atoms. The number of allylic oxidation sites excluding steroid dienone is 1. The number of alkyl carbamates (subject to hydrolysis) is 1. The first-order valence-electron chi connectivity index (χ1n) is 10.5. The van der Waals surface area contributed by atoms with Gasteiger partial charge in [-0.15, -0.1) is 0 Å². The smallest absolute Gasteiger partial charge is 0.408 e. The summed E-state index contributed by atoms with van der Waals surface area (Å²) >= 11 is 1.50. The molecule has 0 aromatic carbocycles. The number of amides is 2. The quantitative estimate of drug-likeness (QED) is 0.331. The van der Waals surface area contributed by atoms with Gasteiger partial charge >= 0.3 is 12.1 Å². The van der Waals surface area contributed by atoms with Crippen LogP contribution < -0.4 is 11.1 Å². The molecule has 2 aliphatic heterocycles. The number of carbonyl (C=O) groups is 3. The molecule has 5 N–H and O–H groups in total. The van der Waals surface area contributed by atoms with E-state index in [1.807, 2.05) is 6.26 Å². The Bertz CT molecular complexity index is 782. The van der Waals surface area contributed by atoms with E-state index >= 15 is 0 Å². The Morgan fingerprint density at radius 3 is 2.64 bits per heavy atom. The molecule has 2 aliphatic rings. The number of aliphatic hydroxyl groups is 2. The number of nitrogens with two attached hydrogens (primary N) is 1. The Labute approximate surface area is 197 Å². The van der Waals surface area contributed by atoms with Gasteiger partial charge in [-0.05, 0) is 45.6 Å². The molecule has 11 nitrogen and oxygen atoms in total. The molecule has 0 aliphatic carbocycles. The standard InChI is InChI=1S/C21H33N3O8S/c1-21(2,3)32-20(29)23-13(7-9-33-4)19(28)30-11-14-15(25)16(26)18(31-14)24-8-5-6-12(10-24)17(22)27/h5,8,10,13-16,18,25-26H,6-7,9,11H2,1-4H3,(H2,22,27)(H,23,29)/t13-,14+,15+,16+,18+/m0/s1. The van der Waals surface area contributed by atoms with Crippen LogP contribution in [0.3, 0.4) is 0 Å². The number of ether oxygens (including phenoxy) is 3. The Morgan fingerprint density at radius 2 is 2.03 bits per heavy atom. The first kappa shape index (κ1) is 27.0. The third kappa shape index (κ3) is 7.91. The van der Waals surface area contributed by atoms with E-state index in [2.05, 4.69) is 5.32 Å². The maximum atomic E-state index is 12.6. The highest BCUT2D eigenvalue weighted by Crippen LogP contribution is 2.27. The van der Waals surface area contributed by atoms with Crippen LogP contribution in [0.5, 0.6) is 0 Å². The van der Waals surface area contributed by atoms with Gasteiger partial charge in [-0.3, -0.25) is 4.79 Å². The Balaban J connectivity index is 1.97. The lowest BCUT2D eigenvalue weighted by Gasteiger charge is -2.28. The third-order valence-electron chi connectivity index (χ3n) is 4.84. The van der Waals surface area contributed by atoms with Crippen molar-refractivity contribution in [2.75, 3.05) is 18.6 Å². The van der Waals surface area contributed by atoms with E-state index in [4.69, 9.17) is 19.9 Å². The van der Waals surface area contributed by atoms with E-state index in [0.717, 1.165) is 0 Å². The highest BCUT2D eigenvalue weighted by atomic mass is 32.2. The van der Waals surface area contributed by atoms with Crippen LogP contribution in [0.25, 0.3) is 0 Å². The maximum absolute atomic E-state index is 12.6. The number of hydrogen-bond donors (Lipinski definition) is 4. The Hall–Kier alpha value is -2.28. The van der Waals surface area contributed by atoms with E-state index < -0.39 is 54.2 Å². The molecule has 0 unspecified atom stereocenters. The number of esters is 1. The van der Waals surface area contributed by atoms with Crippen molar-refractivity contribution >= 4 is 29.7 Å². The number of carbonyl (C=O) groups excluding carboxylic acids is 3. The molecule has 5 atom stereocenters. The van der Waals surface area contributed by atoms with Crippen molar-refractivity contribution in [3.8, 4) is 0 Å². The molecular formula is C21H33N3O8S. The van der Waals surface area contributed by atoms with E-state index in [9.17, 15) is 24.6 Å². The topological polar surface area (TPSA) is 161 Å². The SMILES string of the molecule is CSCC[C@H](NC(=O)OC(C)(C)C)C(=O)OC[C@H]1O[C@@H](N2C=CCC(C(N)=O)=C2)[C@H](O)[C@@H]1O. The van der Waals surface area contributed by atoms with E-state index in [0.29, 0.717) is 24.2 Å². The highest BCUT2D eigenvalue weighted by molar-refractivity contribution is 7.98. The van der Waals surface area contributed by atoms with Gasteiger partial charge in [0.25, 0.3) is 0 Å². The average molecular weight is 488 g/mol. The fraction of sp³-hybridized carbons (Fsp3) is 0.667. The van der Waals surface area contributed by atoms with Crippen LogP contribution in [-0.2, 0) is 23.8 Å². The minimum atomic E-state index is -1.34. The van der Waals surface area contributed by atoms with Gasteiger partial charge in [-0.2, -0.15) is 11.8 Å². The van der Waals surface area contributed by atoms with Crippen LogP contribution in [0.2, 0.25) is 0 Å². The van der Waals surface area contributed by atoms with Crippen LogP contribution >= 0.6 is 11.8 Å². The third-order valence-corrected chi connectivity index (χ3v) is 5.49. The number of rotatable bonds is 9. The predicted octanol–water partition coefficient (Wildman–Crippen LogP) is 0.211. The number of primary amides is 1.